The van der Waals surface area contributed by atoms with Crippen molar-refractivity contribution < 1.29 is 4.79 Å². The number of hydrogen-bond acceptors (Lipinski definition) is 3. The summed E-state index contributed by atoms with van der Waals surface area (Å²) < 4.78 is 0. The summed E-state index contributed by atoms with van der Waals surface area (Å²) in [6, 6.07) is 1.28. The zero-order valence-corrected chi connectivity index (χ0v) is 10.7. The SMILES string of the molecule is NCCCCC(=O)NC1CCN(C2CC2)CC1. The van der Waals surface area contributed by atoms with Gasteiger partial charge in [0.2, 0.25) is 5.91 Å². The number of carbonyl (C=O) groups excluding carboxylic acids is 1. The van der Waals surface area contributed by atoms with E-state index in [0.717, 1.165) is 31.7 Å². The molecule has 1 amide bonds. The molecule has 1 saturated carbocycles. The van der Waals surface area contributed by atoms with Crippen LogP contribution in [0.25, 0.3) is 0 Å². The van der Waals surface area contributed by atoms with Crippen LogP contribution >= 0.6 is 0 Å². The number of piperidine rings is 1. The molecule has 0 spiro atoms. The van der Waals surface area contributed by atoms with Gasteiger partial charge in [-0.05, 0) is 45.1 Å². The highest BCUT2D eigenvalue weighted by atomic mass is 16.1. The minimum absolute atomic E-state index is 0.211. The third kappa shape index (κ3) is 4.28. The van der Waals surface area contributed by atoms with Crippen LogP contribution in [0.1, 0.15) is 44.9 Å². The molecule has 2 aliphatic rings. The van der Waals surface area contributed by atoms with E-state index < -0.39 is 0 Å². The molecule has 2 fully saturated rings. The largest absolute Gasteiger partial charge is 0.353 e. The standard InChI is InChI=1S/C13H25N3O/c14-8-2-1-3-13(17)15-11-6-9-16(10-7-11)12-4-5-12/h11-12H,1-10,14H2,(H,15,17). The molecule has 98 valence electrons. The van der Waals surface area contributed by atoms with E-state index in [2.05, 4.69) is 10.2 Å². The summed E-state index contributed by atoms with van der Waals surface area (Å²) in [5, 5.41) is 3.15. The monoisotopic (exact) mass is 239 g/mol. The summed E-state index contributed by atoms with van der Waals surface area (Å²) in [6.45, 7) is 3.02. The van der Waals surface area contributed by atoms with Crippen LogP contribution < -0.4 is 11.1 Å². The molecule has 2 rings (SSSR count). The third-order valence-electron chi connectivity index (χ3n) is 3.82. The lowest BCUT2D eigenvalue weighted by Crippen LogP contribution is -2.45. The smallest absolute Gasteiger partial charge is 0.220 e. The van der Waals surface area contributed by atoms with Gasteiger partial charge >= 0.3 is 0 Å². The molecule has 0 aromatic carbocycles. The van der Waals surface area contributed by atoms with Gasteiger partial charge in [-0.3, -0.25) is 4.79 Å². The van der Waals surface area contributed by atoms with E-state index in [9.17, 15) is 4.79 Å². The van der Waals surface area contributed by atoms with E-state index in [4.69, 9.17) is 5.73 Å². The first-order chi connectivity index (χ1) is 8.29. The van der Waals surface area contributed by atoms with Gasteiger partial charge in [0.1, 0.15) is 0 Å². The maximum Gasteiger partial charge on any atom is 0.220 e. The number of likely N-dealkylation sites (tertiary alicyclic amines) is 1. The summed E-state index contributed by atoms with van der Waals surface area (Å²) in [4.78, 5) is 14.2. The van der Waals surface area contributed by atoms with Crippen molar-refractivity contribution in [2.45, 2.75) is 57.0 Å². The summed E-state index contributed by atoms with van der Waals surface area (Å²) in [6.07, 6.45) is 7.53. The van der Waals surface area contributed by atoms with Crippen molar-refractivity contribution in [3.63, 3.8) is 0 Å². The molecule has 1 aliphatic heterocycles. The van der Waals surface area contributed by atoms with Crippen LogP contribution in [0, 0.1) is 0 Å². The number of hydrogen-bond donors (Lipinski definition) is 2. The fraction of sp³-hybridized carbons (Fsp3) is 0.923. The lowest BCUT2D eigenvalue weighted by Gasteiger charge is -2.32. The molecule has 17 heavy (non-hydrogen) atoms. The van der Waals surface area contributed by atoms with E-state index in [-0.39, 0.29) is 5.91 Å². The fourth-order valence-electron chi connectivity index (χ4n) is 2.58. The number of rotatable bonds is 6. The highest BCUT2D eigenvalue weighted by Gasteiger charge is 2.31. The molecule has 0 aromatic rings. The van der Waals surface area contributed by atoms with Crippen LogP contribution in [-0.2, 0) is 4.79 Å². The Kier molecular flexibility index (Phi) is 4.80. The summed E-state index contributed by atoms with van der Waals surface area (Å²) >= 11 is 0. The second-order valence-corrected chi connectivity index (χ2v) is 5.35. The van der Waals surface area contributed by atoms with Crippen molar-refractivity contribution in [1.29, 1.82) is 0 Å². The first-order valence-corrected chi connectivity index (χ1v) is 7.03. The molecule has 0 atom stereocenters. The van der Waals surface area contributed by atoms with Crippen LogP contribution in [0.15, 0.2) is 0 Å². The number of carbonyl (C=O) groups is 1. The predicted octanol–water partition coefficient (Wildman–Crippen LogP) is 0.858. The molecular formula is C13H25N3O. The Labute approximate surface area is 104 Å². The van der Waals surface area contributed by atoms with Gasteiger partial charge in [0.15, 0.2) is 0 Å². The highest BCUT2D eigenvalue weighted by Crippen LogP contribution is 2.29. The third-order valence-corrected chi connectivity index (χ3v) is 3.82. The normalized spacial score (nSPS) is 22.6. The van der Waals surface area contributed by atoms with Gasteiger partial charge in [0, 0.05) is 31.6 Å². The molecule has 4 heteroatoms. The maximum absolute atomic E-state index is 11.6. The first kappa shape index (κ1) is 12.8. The number of nitrogens with one attached hydrogen (secondary N) is 1. The van der Waals surface area contributed by atoms with Crippen molar-refractivity contribution in [3.8, 4) is 0 Å². The molecule has 1 aliphatic carbocycles. The Morgan fingerprint density at radius 2 is 1.88 bits per heavy atom. The van der Waals surface area contributed by atoms with Gasteiger partial charge < -0.3 is 16.0 Å². The number of nitrogens with two attached hydrogens (primary N) is 1. The van der Waals surface area contributed by atoms with Crippen molar-refractivity contribution in [2.75, 3.05) is 19.6 Å². The first-order valence-electron chi connectivity index (χ1n) is 7.03. The van der Waals surface area contributed by atoms with Gasteiger partial charge in [-0.1, -0.05) is 0 Å². The maximum atomic E-state index is 11.6. The summed E-state index contributed by atoms with van der Waals surface area (Å²) in [5.74, 6) is 0.211. The zero-order valence-electron chi connectivity index (χ0n) is 10.7. The highest BCUT2D eigenvalue weighted by molar-refractivity contribution is 5.76. The van der Waals surface area contributed by atoms with E-state index >= 15 is 0 Å². The second kappa shape index (κ2) is 6.36. The number of nitrogens with zero attached hydrogens (tertiary/aromatic N) is 1. The van der Waals surface area contributed by atoms with Crippen LogP contribution in [0.4, 0.5) is 0 Å². The Bertz CT molecular complexity index is 245. The molecule has 0 unspecified atom stereocenters. The van der Waals surface area contributed by atoms with E-state index in [1.807, 2.05) is 0 Å². The summed E-state index contributed by atoms with van der Waals surface area (Å²) in [5.41, 5.74) is 5.41. The Hall–Kier alpha value is -0.610. The van der Waals surface area contributed by atoms with Crippen LogP contribution in [0.3, 0.4) is 0 Å². The lowest BCUT2D eigenvalue weighted by atomic mass is 10.0. The van der Waals surface area contributed by atoms with Gasteiger partial charge in [0.25, 0.3) is 0 Å². The topological polar surface area (TPSA) is 58.4 Å². The molecule has 1 heterocycles. The van der Waals surface area contributed by atoms with Crippen molar-refractivity contribution in [2.24, 2.45) is 5.73 Å². The van der Waals surface area contributed by atoms with Crippen molar-refractivity contribution >= 4 is 5.91 Å². The zero-order chi connectivity index (χ0) is 12.1. The lowest BCUT2D eigenvalue weighted by molar-refractivity contribution is -0.122. The van der Waals surface area contributed by atoms with Gasteiger partial charge in [-0.2, -0.15) is 0 Å². The molecule has 1 saturated heterocycles. The quantitative estimate of drug-likeness (QED) is 0.676. The Morgan fingerprint density at radius 3 is 2.47 bits per heavy atom. The fourth-order valence-corrected chi connectivity index (χ4v) is 2.58. The van der Waals surface area contributed by atoms with E-state index in [1.54, 1.807) is 0 Å². The van der Waals surface area contributed by atoms with Crippen LogP contribution in [0.5, 0.6) is 0 Å². The minimum atomic E-state index is 0.211. The predicted molar refractivity (Wildman–Crippen MR) is 68.7 cm³/mol. The van der Waals surface area contributed by atoms with E-state index in [1.165, 1.54) is 25.9 Å². The second-order valence-electron chi connectivity index (χ2n) is 5.35. The van der Waals surface area contributed by atoms with Gasteiger partial charge in [-0.15, -0.1) is 0 Å². The van der Waals surface area contributed by atoms with E-state index in [0.29, 0.717) is 19.0 Å². The molecule has 4 nitrogen and oxygen atoms in total. The number of unbranched alkanes of at least 4 members (excludes halogenated alkanes) is 1. The molecule has 0 aromatic heterocycles. The summed E-state index contributed by atoms with van der Waals surface area (Å²) in [7, 11) is 0. The Balaban J connectivity index is 1.58. The molecular weight excluding hydrogens is 214 g/mol. The minimum Gasteiger partial charge on any atom is -0.353 e. The average Bonchev–Trinajstić information content (AvgIpc) is 3.14. The number of amides is 1. The van der Waals surface area contributed by atoms with Crippen molar-refractivity contribution in [3.05, 3.63) is 0 Å². The van der Waals surface area contributed by atoms with Crippen molar-refractivity contribution in [1.82, 2.24) is 10.2 Å². The van der Waals surface area contributed by atoms with Crippen LogP contribution in [0.2, 0.25) is 0 Å². The molecule has 0 radical (unpaired) electrons. The van der Waals surface area contributed by atoms with Crippen LogP contribution in [-0.4, -0.2) is 42.5 Å². The molecule has 3 N–H and O–H groups in total. The molecule has 0 bridgehead atoms. The Morgan fingerprint density at radius 1 is 1.18 bits per heavy atom. The van der Waals surface area contributed by atoms with Gasteiger partial charge in [0.05, 0.1) is 0 Å². The van der Waals surface area contributed by atoms with Gasteiger partial charge in [-0.25, -0.2) is 0 Å². The average molecular weight is 239 g/mol.